The number of aromatic nitrogens is 3. The molecule has 0 fully saturated rings. The summed E-state index contributed by atoms with van der Waals surface area (Å²) in [4.78, 5) is 17.2. The van der Waals surface area contributed by atoms with Crippen LogP contribution in [0.4, 0.5) is 0 Å². The first kappa shape index (κ1) is 14.2. The fraction of sp³-hybridized carbons (Fsp3) is 0.417. The lowest BCUT2D eigenvalue weighted by atomic mass is 10.3. The molecule has 7 heteroatoms. The second-order valence-electron chi connectivity index (χ2n) is 4.07. The summed E-state index contributed by atoms with van der Waals surface area (Å²) in [6.07, 6.45) is 2.60. The van der Waals surface area contributed by atoms with Crippen molar-refractivity contribution in [2.75, 3.05) is 6.54 Å². The zero-order valence-electron chi connectivity index (χ0n) is 10.6. The number of hydrogen-bond acceptors (Lipinski definition) is 4. The maximum Gasteiger partial charge on any atom is 0.290 e. The van der Waals surface area contributed by atoms with Gasteiger partial charge in [-0.15, -0.1) is 16.4 Å². The second kappa shape index (κ2) is 6.81. The third kappa shape index (κ3) is 4.14. The summed E-state index contributed by atoms with van der Waals surface area (Å²) in [6, 6.07) is 4.06. The molecule has 0 atom stereocenters. The van der Waals surface area contributed by atoms with E-state index in [0.717, 1.165) is 28.9 Å². The van der Waals surface area contributed by atoms with Crippen molar-refractivity contribution in [2.45, 2.75) is 26.2 Å². The topological polar surface area (TPSA) is 70.7 Å². The Balaban J connectivity index is 1.80. The van der Waals surface area contributed by atoms with Crippen LogP contribution in [0.3, 0.4) is 0 Å². The molecule has 0 saturated carbocycles. The Morgan fingerprint density at radius 1 is 1.47 bits per heavy atom. The van der Waals surface area contributed by atoms with Gasteiger partial charge in [0.25, 0.3) is 5.91 Å². The van der Waals surface area contributed by atoms with Gasteiger partial charge in [0.2, 0.25) is 5.82 Å². The van der Waals surface area contributed by atoms with Gasteiger partial charge in [-0.3, -0.25) is 9.89 Å². The third-order valence-corrected chi connectivity index (χ3v) is 4.19. The van der Waals surface area contributed by atoms with Crippen molar-refractivity contribution in [3.05, 3.63) is 32.4 Å². The number of halogens is 1. The molecule has 1 amide bonds. The lowest BCUT2D eigenvalue weighted by Gasteiger charge is -2.00. The summed E-state index contributed by atoms with van der Waals surface area (Å²) in [5.74, 6) is 0.750. The quantitative estimate of drug-likeness (QED) is 0.847. The van der Waals surface area contributed by atoms with Crippen molar-refractivity contribution in [1.82, 2.24) is 20.5 Å². The summed E-state index contributed by atoms with van der Waals surface area (Å²) in [5, 5.41) is 9.50. The van der Waals surface area contributed by atoms with E-state index in [9.17, 15) is 4.79 Å². The highest BCUT2D eigenvalue weighted by Gasteiger charge is 2.11. The van der Waals surface area contributed by atoms with Gasteiger partial charge in [-0.25, -0.2) is 4.98 Å². The number of aromatic amines is 1. The molecule has 2 rings (SSSR count). The number of carbonyl (C=O) groups is 1. The van der Waals surface area contributed by atoms with Crippen molar-refractivity contribution < 1.29 is 4.79 Å². The van der Waals surface area contributed by atoms with Crippen LogP contribution in [0.5, 0.6) is 0 Å². The van der Waals surface area contributed by atoms with E-state index in [1.54, 1.807) is 11.3 Å². The van der Waals surface area contributed by atoms with Crippen molar-refractivity contribution in [3.8, 4) is 0 Å². The van der Waals surface area contributed by atoms with E-state index in [0.29, 0.717) is 6.54 Å². The second-order valence-corrected chi connectivity index (χ2v) is 6.61. The first-order valence-electron chi connectivity index (χ1n) is 6.12. The van der Waals surface area contributed by atoms with Crippen molar-refractivity contribution in [3.63, 3.8) is 0 Å². The molecular weight excluding hydrogens is 328 g/mol. The fourth-order valence-electron chi connectivity index (χ4n) is 1.61. The zero-order valence-corrected chi connectivity index (χ0v) is 13.0. The van der Waals surface area contributed by atoms with Crippen LogP contribution in [0.2, 0.25) is 0 Å². The maximum atomic E-state index is 11.8. The number of amides is 1. The van der Waals surface area contributed by atoms with E-state index in [2.05, 4.69) is 43.4 Å². The standard InChI is InChI=1S/C12H15BrN4OS/c1-2-3-10-15-11(17-16-10)12(18)14-7-6-8-4-5-9(13)19-8/h4-5H,2-3,6-7H2,1H3,(H,14,18)(H,15,16,17). The summed E-state index contributed by atoms with van der Waals surface area (Å²) in [5.41, 5.74) is 0. The maximum absolute atomic E-state index is 11.8. The van der Waals surface area contributed by atoms with Gasteiger partial charge in [-0.2, -0.15) is 0 Å². The van der Waals surface area contributed by atoms with E-state index >= 15 is 0 Å². The van der Waals surface area contributed by atoms with Crippen LogP contribution < -0.4 is 5.32 Å². The Labute approximate surface area is 124 Å². The van der Waals surface area contributed by atoms with Crippen molar-refractivity contribution >= 4 is 33.2 Å². The number of thiophene rings is 1. The lowest BCUT2D eigenvalue weighted by molar-refractivity contribution is 0.0944. The molecule has 19 heavy (non-hydrogen) atoms. The summed E-state index contributed by atoms with van der Waals surface area (Å²) in [7, 11) is 0. The molecule has 0 aliphatic heterocycles. The molecule has 2 heterocycles. The molecule has 5 nitrogen and oxygen atoms in total. The molecule has 102 valence electrons. The lowest BCUT2D eigenvalue weighted by Crippen LogP contribution is -2.26. The van der Waals surface area contributed by atoms with Crippen LogP contribution in [-0.2, 0) is 12.8 Å². The predicted molar refractivity (Wildman–Crippen MR) is 78.4 cm³/mol. The fourth-order valence-corrected chi connectivity index (χ4v) is 3.09. The van der Waals surface area contributed by atoms with E-state index < -0.39 is 0 Å². The van der Waals surface area contributed by atoms with E-state index in [-0.39, 0.29) is 11.7 Å². The van der Waals surface area contributed by atoms with Gasteiger partial charge >= 0.3 is 0 Å². The molecule has 0 aliphatic carbocycles. The Bertz CT molecular complexity index is 551. The highest BCUT2D eigenvalue weighted by atomic mass is 79.9. The number of rotatable bonds is 6. The van der Waals surface area contributed by atoms with E-state index in [1.807, 2.05) is 12.1 Å². The van der Waals surface area contributed by atoms with Crippen LogP contribution in [-0.4, -0.2) is 27.6 Å². The predicted octanol–water partition coefficient (Wildman–Crippen LogP) is 2.55. The minimum absolute atomic E-state index is 0.218. The number of nitrogens with one attached hydrogen (secondary N) is 2. The molecule has 0 aromatic carbocycles. The summed E-state index contributed by atoms with van der Waals surface area (Å²) in [6.45, 7) is 2.64. The summed E-state index contributed by atoms with van der Waals surface area (Å²) >= 11 is 5.09. The molecule has 2 aromatic rings. The average Bonchev–Trinajstić information content (AvgIpc) is 2.99. The van der Waals surface area contributed by atoms with Crippen LogP contribution in [0.25, 0.3) is 0 Å². The Kier molecular flexibility index (Phi) is 5.09. The van der Waals surface area contributed by atoms with Gasteiger partial charge < -0.3 is 5.32 Å². The molecule has 0 radical (unpaired) electrons. The molecule has 0 spiro atoms. The Morgan fingerprint density at radius 3 is 3.00 bits per heavy atom. The normalized spacial score (nSPS) is 10.6. The van der Waals surface area contributed by atoms with Crippen LogP contribution in [0.15, 0.2) is 15.9 Å². The van der Waals surface area contributed by atoms with Gasteiger partial charge in [0.15, 0.2) is 0 Å². The SMILES string of the molecule is CCCc1nc(C(=O)NCCc2ccc(Br)s2)n[nH]1. The first-order valence-corrected chi connectivity index (χ1v) is 7.73. The molecule has 2 N–H and O–H groups in total. The molecule has 0 unspecified atom stereocenters. The number of carbonyl (C=O) groups excluding carboxylic acids is 1. The van der Waals surface area contributed by atoms with Crippen LogP contribution in [0.1, 0.15) is 34.7 Å². The number of H-pyrrole nitrogens is 1. The van der Waals surface area contributed by atoms with Crippen LogP contribution >= 0.6 is 27.3 Å². The highest BCUT2D eigenvalue weighted by Crippen LogP contribution is 2.21. The minimum Gasteiger partial charge on any atom is -0.349 e. The third-order valence-electron chi connectivity index (χ3n) is 2.51. The van der Waals surface area contributed by atoms with E-state index in [1.165, 1.54) is 4.88 Å². The van der Waals surface area contributed by atoms with Crippen molar-refractivity contribution in [2.24, 2.45) is 0 Å². The van der Waals surface area contributed by atoms with Gasteiger partial charge in [-0.05, 0) is 40.9 Å². The molecule has 0 bridgehead atoms. The Morgan fingerprint density at radius 2 is 2.32 bits per heavy atom. The molecule has 0 aliphatic rings. The monoisotopic (exact) mass is 342 g/mol. The number of aryl methyl sites for hydroxylation is 1. The van der Waals surface area contributed by atoms with Crippen LogP contribution in [0, 0.1) is 0 Å². The molecule has 0 saturated heterocycles. The minimum atomic E-state index is -0.228. The summed E-state index contributed by atoms with van der Waals surface area (Å²) < 4.78 is 1.10. The Hall–Kier alpha value is -1.21. The largest absolute Gasteiger partial charge is 0.349 e. The smallest absolute Gasteiger partial charge is 0.290 e. The van der Waals surface area contributed by atoms with Crippen molar-refractivity contribution in [1.29, 1.82) is 0 Å². The molecular formula is C12H15BrN4OS. The van der Waals surface area contributed by atoms with Gasteiger partial charge in [0.05, 0.1) is 3.79 Å². The van der Waals surface area contributed by atoms with Gasteiger partial charge in [0.1, 0.15) is 5.82 Å². The van der Waals surface area contributed by atoms with E-state index in [4.69, 9.17) is 0 Å². The van der Waals surface area contributed by atoms with Gasteiger partial charge in [0, 0.05) is 17.8 Å². The highest BCUT2D eigenvalue weighted by molar-refractivity contribution is 9.11. The molecule has 2 aromatic heterocycles. The van der Waals surface area contributed by atoms with Gasteiger partial charge in [-0.1, -0.05) is 6.92 Å². The first-order chi connectivity index (χ1) is 9.19. The number of nitrogens with zero attached hydrogens (tertiary/aromatic N) is 2. The number of hydrogen-bond donors (Lipinski definition) is 2. The zero-order chi connectivity index (χ0) is 13.7. The average molecular weight is 343 g/mol.